The fourth-order valence-electron chi connectivity index (χ4n) is 3.43. The van der Waals surface area contributed by atoms with Gasteiger partial charge in [0, 0.05) is 34.6 Å². The molecule has 0 fully saturated rings. The highest BCUT2D eigenvalue weighted by molar-refractivity contribution is 6.31. The molecule has 0 spiro atoms. The summed E-state index contributed by atoms with van der Waals surface area (Å²) in [5, 5.41) is 5.20. The second-order valence-corrected chi connectivity index (χ2v) is 7.80. The highest BCUT2D eigenvalue weighted by atomic mass is 35.5. The average Bonchev–Trinajstić information content (AvgIpc) is 3.06. The Balaban J connectivity index is 1.62. The summed E-state index contributed by atoms with van der Waals surface area (Å²) in [6.07, 6.45) is 2.91. The summed E-state index contributed by atoms with van der Waals surface area (Å²) in [7, 11) is 0. The van der Waals surface area contributed by atoms with Crippen molar-refractivity contribution in [3.63, 3.8) is 0 Å². The second kappa shape index (κ2) is 10.9. The molecule has 8 heteroatoms. The van der Waals surface area contributed by atoms with Crippen LogP contribution in [0.2, 0.25) is 5.02 Å². The predicted molar refractivity (Wildman–Crippen MR) is 127 cm³/mol. The Morgan fingerprint density at radius 2 is 1.85 bits per heavy atom. The number of hydrogen-bond acceptors (Lipinski definition) is 4. The Kier molecular flexibility index (Phi) is 8.01. The van der Waals surface area contributed by atoms with Crippen LogP contribution in [-0.4, -0.2) is 34.8 Å². The molecule has 0 N–H and O–H groups in total. The summed E-state index contributed by atoms with van der Waals surface area (Å²) in [6.45, 7) is 6.00. The molecule has 0 unspecified atom stereocenters. The van der Waals surface area contributed by atoms with Crippen molar-refractivity contribution in [3.05, 3.63) is 88.0 Å². The van der Waals surface area contributed by atoms with Crippen molar-refractivity contribution in [2.45, 2.75) is 27.3 Å². The van der Waals surface area contributed by atoms with Crippen molar-refractivity contribution in [1.29, 1.82) is 0 Å². The number of aryl methyl sites for hydroxylation is 1. The van der Waals surface area contributed by atoms with Crippen LogP contribution in [0, 0.1) is 19.7 Å². The van der Waals surface area contributed by atoms with Gasteiger partial charge in [-0.1, -0.05) is 29.8 Å². The van der Waals surface area contributed by atoms with Gasteiger partial charge in [-0.15, -0.1) is 0 Å². The van der Waals surface area contributed by atoms with Gasteiger partial charge in [-0.3, -0.25) is 9.48 Å². The van der Waals surface area contributed by atoms with E-state index in [0.29, 0.717) is 23.8 Å². The van der Waals surface area contributed by atoms with Crippen LogP contribution >= 0.6 is 11.6 Å². The normalized spacial score (nSPS) is 11.1. The quantitative estimate of drug-likeness (QED) is 0.346. The van der Waals surface area contributed by atoms with Crippen LogP contribution in [-0.2, 0) is 20.9 Å². The van der Waals surface area contributed by atoms with Gasteiger partial charge in [0.15, 0.2) is 6.61 Å². The molecule has 1 amide bonds. The van der Waals surface area contributed by atoms with Crippen molar-refractivity contribution in [2.24, 2.45) is 0 Å². The SMILES string of the molecule is CCN(C(=O)COC(=O)C=Cc1c(C)nn(Cc2ccccc2Cl)c1C)c1ccc(F)cc1. The number of anilines is 1. The largest absolute Gasteiger partial charge is 0.452 e. The average molecular weight is 470 g/mol. The van der Waals surface area contributed by atoms with Gasteiger partial charge >= 0.3 is 5.97 Å². The second-order valence-electron chi connectivity index (χ2n) is 7.39. The van der Waals surface area contributed by atoms with Crippen molar-refractivity contribution in [1.82, 2.24) is 9.78 Å². The number of likely N-dealkylation sites (N-methyl/N-ethyl adjacent to an activating group) is 1. The maximum atomic E-state index is 13.1. The number of aromatic nitrogens is 2. The van der Waals surface area contributed by atoms with E-state index in [1.54, 1.807) is 13.0 Å². The topological polar surface area (TPSA) is 64.4 Å². The number of nitrogens with zero attached hydrogens (tertiary/aromatic N) is 3. The molecule has 3 aromatic rings. The van der Waals surface area contributed by atoms with E-state index < -0.39 is 18.5 Å². The number of halogens is 2. The Morgan fingerprint density at radius 3 is 2.52 bits per heavy atom. The number of esters is 1. The van der Waals surface area contributed by atoms with Crippen LogP contribution < -0.4 is 4.90 Å². The molecule has 0 aliphatic heterocycles. The van der Waals surface area contributed by atoms with E-state index in [1.807, 2.05) is 42.8 Å². The van der Waals surface area contributed by atoms with Gasteiger partial charge in [-0.2, -0.15) is 5.10 Å². The lowest BCUT2D eigenvalue weighted by Crippen LogP contribution is -2.34. The third-order valence-electron chi connectivity index (χ3n) is 5.19. The Hall–Kier alpha value is -3.45. The van der Waals surface area contributed by atoms with Crippen LogP contribution in [0.25, 0.3) is 6.08 Å². The molecule has 33 heavy (non-hydrogen) atoms. The van der Waals surface area contributed by atoms with E-state index in [4.69, 9.17) is 16.3 Å². The van der Waals surface area contributed by atoms with E-state index >= 15 is 0 Å². The van der Waals surface area contributed by atoms with Gasteiger partial charge in [0.05, 0.1) is 12.2 Å². The maximum absolute atomic E-state index is 13.1. The summed E-state index contributed by atoms with van der Waals surface area (Å²) < 4.78 is 20.1. The Bertz CT molecular complexity index is 1170. The summed E-state index contributed by atoms with van der Waals surface area (Å²) in [6, 6.07) is 13.1. The zero-order valence-electron chi connectivity index (χ0n) is 18.7. The van der Waals surface area contributed by atoms with Crippen LogP contribution in [0.4, 0.5) is 10.1 Å². The fraction of sp³-hybridized carbons (Fsp3) is 0.240. The zero-order valence-corrected chi connectivity index (χ0v) is 19.5. The van der Waals surface area contributed by atoms with Crippen LogP contribution in [0.5, 0.6) is 0 Å². The molecule has 3 rings (SSSR count). The molecule has 0 saturated carbocycles. The van der Waals surface area contributed by atoms with E-state index in [-0.39, 0.29) is 5.82 Å². The van der Waals surface area contributed by atoms with E-state index in [1.165, 1.54) is 35.2 Å². The first-order valence-electron chi connectivity index (χ1n) is 10.5. The molecule has 1 aromatic heterocycles. The minimum atomic E-state index is -0.642. The first-order chi connectivity index (χ1) is 15.8. The number of hydrogen-bond donors (Lipinski definition) is 0. The first-order valence-corrected chi connectivity index (χ1v) is 10.9. The molecule has 0 bridgehead atoms. The highest BCUT2D eigenvalue weighted by Gasteiger charge is 2.16. The smallest absolute Gasteiger partial charge is 0.331 e. The summed E-state index contributed by atoms with van der Waals surface area (Å²) >= 11 is 6.25. The maximum Gasteiger partial charge on any atom is 0.331 e. The number of amides is 1. The molecule has 0 saturated heterocycles. The van der Waals surface area contributed by atoms with Gasteiger partial charge in [-0.05, 0) is 62.7 Å². The molecular weight excluding hydrogens is 445 g/mol. The summed E-state index contributed by atoms with van der Waals surface area (Å²) in [4.78, 5) is 26.1. The molecule has 1 heterocycles. The number of ether oxygens (including phenoxy) is 1. The lowest BCUT2D eigenvalue weighted by Gasteiger charge is -2.20. The molecule has 6 nitrogen and oxygen atoms in total. The molecule has 172 valence electrons. The Labute approximate surface area is 197 Å². The summed E-state index contributed by atoms with van der Waals surface area (Å²) in [5.74, 6) is -1.43. The number of carbonyl (C=O) groups is 2. The van der Waals surface area contributed by atoms with E-state index in [2.05, 4.69) is 5.10 Å². The van der Waals surface area contributed by atoms with Crippen LogP contribution in [0.3, 0.4) is 0 Å². The summed E-state index contributed by atoms with van der Waals surface area (Å²) in [5.41, 5.74) is 3.91. The van der Waals surface area contributed by atoms with Gasteiger partial charge in [0.1, 0.15) is 5.82 Å². The number of carbonyl (C=O) groups excluding carboxylic acids is 2. The number of rotatable bonds is 8. The van der Waals surface area contributed by atoms with Crippen LogP contribution in [0.1, 0.15) is 29.4 Å². The molecule has 2 aromatic carbocycles. The predicted octanol–water partition coefficient (Wildman–Crippen LogP) is 4.95. The van der Waals surface area contributed by atoms with Crippen molar-refractivity contribution in [3.8, 4) is 0 Å². The molecule has 0 radical (unpaired) electrons. The van der Waals surface area contributed by atoms with Crippen molar-refractivity contribution in [2.75, 3.05) is 18.1 Å². The molecule has 0 aliphatic rings. The van der Waals surface area contributed by atoms with Crippen LogP contribution in [0.15, 0.2) is 54.6 Å². The minimum absolute atomic E-state index is 0.362. The lowest BCUT2D eigenvalue weighted by atomic mass is 10.1. The van der Waals surface area contributed by atoms with Gasteiger partial charge in [-0.25, -0.2) is 9.18 Å². The van der Waals surface area contributed by atoms with Crippen molar-refractivity contribution >= 4 is 35.2 Å². The molecule has 0 atom stereocenters. The lowest BCUT2D eigenvalue weighted by molar-refractivity contribution is -0.142. The zero-order chi connectivity index (χ0) is 24.0. The Morgan fingerprint density at radius 1 is 1.15 bits per heavy atom. The third-order valence-corrected chi connectivity index (χ3v) is 5.56. The molecular formula is C25H25ClFN3O3. The number of benzene rings is 2. The highest BCUT2D eigenvalue weighted by Crippen LogP contribution is 2.20. The standard InChI is InChI=1S/C25H25ClFN3O3/c1-4-29(21-11-9-20(27)10-12-21)24(31)16-33-25(32)14-13-22-17(2)28-30(18(22)3)15-19-7-5-6-8-23(19)26/h5-14H,4,15-16H2,1-3H3. The van der Waals surface area contributed by atoms with Gasteiger partial charge in [0.25, 0.3) is 5.91 Å². The fourth-order valence-corrected chi connectivity index (χ4v) is 3.62. The van der Waals surface area contributed by atoms with Crippen molar-refractivity contribution < 1.29 is 18.7 Å². The molecule has 0 aliphatic carbocycles. The first kappa shape index (κ1) is 24.2. The third kappa shape index (κ3) is 6.08. The monoisotopic (exact) mass is 469 g/mol. The van der Waals surface area contributed by atoms with Gasteiger partial charge < -0.3 is 9.64 Å². The van der Waals surface area contributed by atoms with E-state index in [0.717, 1.165) is 22.5 Å². The minimum Gasteiger partial charge on any atom is -0.452 e. The van der Waals surface area contributed by atoms with E-state index in [9.17, 15) is 14.0 Å². The van der Waals surface area contributed by atoms with Gasteiger partial charge in [0.2, 0.25) is 0 Å².